The van der Waals surface area contributed by atoms with Crippen molar-refractivity contribution in [1.29, 1.82) is 0 Å². The van der Waals surface area contributed by atoms with Crippen molar-refractivity contribution in [2.24, 2.45) is 0 Å². The zero-order chi connectivity index (χ0) is 2.71. The molecule has 0 aromatic carbocycles. The molecule has 0 aliphatic heterocycles. The van der Waals surface area contributed by atoms with Gasteiger partial charge in [-0.2, -0.15) is 3.84 Å². The summed E-state index contributed by atoms with van der Waals surface area (Å²) in [6, 6.07) is 0. The summed E-state index contributed by atoms with van der Waals surface area (Å²) in [7, 11) is 0. The van der Waals surface area contributed by atoms with Crippen LogP contribution in [-0.2, 0) is 3.84 Å². The molecule has 0 aromatic rings. The number of hydrogen-bond donors (Lipinski definition) is 0. The van der Waals surface area contributed by atoms with E-state index in [1.165, 1.54) is 0 Å². The molecule has 0 heterocycles. The summed E-state index contributed by atoms with van der Waals surface area (Å²) >= 11 is 8.53. The van der Waals surface area contributed by atoms with Gasteiger partial charge in [-0.3, -0.25) is 0 Å². The molecule has 6 radical (unpaired) electrons. The molecule has 0 saturated heterocycles. The van der Waals surface area contributed by atoms with Gasteiger partial charge >= 0.3 is 0 Å². The van der Waals surface area contributed by atoms with Crippen LogP contribution in [0.1, 0.15) is 0 Å². The maximum absolute atomic E-state index is 4.26. The van der Waals surface area contributed by atoms with Gasteiger partial charge in [0.05, 0.1) is 23.7 Å². The number of halogens is 2. The molecule has 5 heavy (non-hydrogen) atoms. The fraction of sp³-hybridized carbons (Fsp3) is 0. The summed E-state index contributed by atoms with van der Waals surface area (Å²) < 4.78 is 3.19. The van der Waals surface area contributed by atoms with E-state index in [0.717, 1.165) is 0 Å². The Morgan fingerprint density at radius 2 is 1.00 bits per heavy atom. The Hall–Kier alpha value is 2.18. The molecule has 30 valence electrons. The van der Waals surface area contributed by atoms with Crippen molar-refractivity contribution in [2.75, 3.05) is 0 Å². The summed E-state index contributed by atoms with van der Waals surface area (Å²) in [6.45, 7) is 0. The second kappa shape index (κ2) is 16.4. The maximum atomic E-state index is 4.26. The monoisotopic (exact) mass is 328 g/mol. The van der Waals surface area contributed by atoms with E-state index in [-0.39, 0.29) is 48.9 Å². The Morgan fingerprint density at radius 1 is 1.00 bits per heavy atom. The van der Waals surface area contributed by atoms with Crippen LogP contribution in [0.3, 0.4) is 0 Å². The first-order chi connectivity index (χ1) is 1.41. The van der Waals surface area contributed by atoms with Gasteiger partial charge < -0.3 is 0 Å². The first-order valence-electron chi connectivity index (χ1n) is 0.309. The van der Waals surface area contributed by atoms with Crippen LogP contribution in [0, 0.1) is 0 Å². The van der Waals surface area contributed by atoms with Crippen molar-refractivity contribution in [2.45, 2.75) is 0 Å². The van der Waals surface area contributed by atoms with E-state index >= 15 is 0 Å². The van der Waals surface area contributed by atoms with Crippen molar-refractivity contribution in [3.8, 4) is 0 Å². The predicted octanol–water partition coefficient (Wildman–Crippen LogP) is 0.549. The molecule has 0 spiro atoms. The van der Waals surface area contributed by atoms with Crippen molar-refractivity contribution in [3.05, 3.63) is 0 Å². The van der Waals surface area contributed by atoms with Crippen LogP contribution < -0.4 is 0 Å². The standard InChI is InChI=1S/Cl2O.2Sb/c1-3-2;;. The van der Waals surface area contributed by atoms with Gasteiger partial charge in [-0.15, -0.1) is 0 Å². The third-order valence-corrected chi connectivity index (χ3v) is 0. The predicted molar refractivity (Wildman–Crippen MR) is 24.3 cm³/mol. The maximum Gasteiger partial charge on any atom is 0.0832 e. The normalized spacial score (nSPS) is 3.60. The van der Waals surface area contributed by atoms with Crippen molar-refractivity contribution < 1.29 is 3.84 Å². The molecule has 5 heteroatoms. The summed E-state index contributed by atoms with van der Waals surface area (Å²) in [6.07, 6.45) is 0. The van der Waals surface area contributed by atoms with Crippen LogP contribution in [0.5, 0.6) is 0 Å². The van der Waals surface area contributed by atoms with Gasteiger partial charge in [-0.05, 0) is 0 Å². The summed E-state index contributed by atoms with van der Waals surface area (Å²) in [5.74, 6) is 0. The number of rotatable bonds is 0. The molecular weight excluding hydrogens is 330 g/mol. The van der Waals surface area contributed by atoms with E-state index in [1.807, 2.05) is 0 Å². The quantitative estimate of drug-likeness (QED) is 0.590. The summed E-state index contributed by atoms with van der Waals surface area (Å²) in [5.41, 5.74) is 0. The molecule has 0 fully saturated rings. The fourth-order valence-electron chi connectivity index (χ4n) is 0. The molecule has 0 aromatic heterocycles. The van der Waals surface area contributed by atoms with Crippen molar-refractivity contribution in [1.82, 2.24) is 0 Å². The molecule has 0 bridgehead atoms. The van der Waals surface area contributed by atoms with Crippen LogP contribution in [-0.4, -0.2) is 48.9 Å². The average Bonchev–Trinajstić information content (AvgIpc) is 0.918. The van der Waals surface area contributed by atoms with E-state index in [0.29, 0.717) is 0 Å². The topological polar surface area (TPSA) is 9.23 Å². The molecular formula is Cl2OSb2. The van der Waals surface area contributed by atoms with Crippen LogP contribution in [0.25, 0.3) is 0 Å². The molecule has 0 unspecified atom stereocenters. The zero-order valence-corrected chi connectivity index (χ0v) is 8.68. The molecule has 0 saturated carbocycles. The van der Waals surface area contributed by atoms with Crippen LogP contribution in [0.15, 0.2) is 0 Å². The Balaban J connectivity index is -0.0000000200. The SMILES string of the molecule is ClOCl.[Sb].[Sb]. The first-order valence-corrected chi connectivity index (χ1v) is 0.926. The Bertz CT molecular complexity index is 7.61. The Labute approximate surface area is 75.6 Å². The third kappa shape index (κ3) is 22.7. The minimum Gasteiger partial charge on any atom is -0.166 e. The number of hydrogen-bond acceptors (Lipinski definition) is 1. The van der Waals surface area contributed by atoms with E-state index in [1.54, 1.807) is 0 Å². The van der Waals surface area contributed by atoms with Crippen LogP contribution in [0.2, 0.25) is 0 Å². The molecule has 1 nitrogen and oxygen atoms in total. The molecule has 0 aliphatic carbocycles. The van der Waals surface area contributed by atoms with Gasteiger partial charge in [0.2, 0.25) is 0 Å². The van der Waals surface area contributed by atoms with Gasteiger partial charge in [0, 0.05) is 48.9 Å². The van der Waals surface area contributed by atoms with Crippen LogP contribution in [0.4, 0.5) is 0 Å². The van der Waals surface area contributed by atoms with E-state index in [2.05, 4.69) is 27.6 Å². The Kier molecular flexibility index (Phi) is 51.5. The average molecular weight is 330 g/mol. The fourth-order valence-corrected chi connectivity index (χ4v) is 0. The summed E-state index contributed by atoms with van der Waals surface area (Å²) in [5, 5.41) is 0. The van der Waals surface area contributed by atoms with Gasteiger partial charge in [0.1, 0.15) is 0 Å². The second-order valence-electron chi connectivity index (χ2n) is 0.0583. The first kappa shape index (κ1) is 15.7. The molecule has 0 aliphatic rings. The van der Waals surface area contributed by atoms with Gasteiger partial charge in [-0.1, -0.05) is 0 Å². The minimum absolute atomic E-state index is 0. The Morgan fingerprint density at radius 3 is 1.00 bits per heavy atom. The van der Waals surface area contributed by atoms with Gasteiger partial charge in [0.15, 0.2) is 0 Å². The molecule has 0 atom stereocenters. The smallest absolute Gasteiger partial charge is 0.0832 e. The molecule has 0 N–H and O–H groups in total. The van der Waals surface area contributed by atoms with E-state index in [9.17, 15) is 0 Å². The van der Waals surface area contributed by atoms with Gasteiger partial charge in [-0.25, -0.2) is 0 Å². The second-order valence-corrected chi connectivity index (χ2v) is 0.525. The van der Waals surface area contributed by atoms with Crippen LogP contribution >= 0.6 is 23.7 Å². The third-order valence-electron chi connectivity index (χ3n) is 0. The van der Waals surface area contributed by atoms with E-state index in [4.69, 9.17) is 0 Å². The largest absolute Gasteiger partial charge is 0.166 e. The molecule has 0 rings (SSSR count). The molecule has 0 amide bonds. The van der Waals surface area contributed by atoms with Crippen molar-refractivity contribution >= 4 is 72.6 Å². The summed E-state index contributed by atoms with van der Waals surface area (Å²) in [4.78, 5) is 0. The zero-order valence-electron chi connectivity index (χ0n) is 2.06. The van der Waals surface area contributed by atoms with E-state index < -0.39 is 0 Å². The van der Waals surface area contributed by atoms with Crippen molar-refractivity contribution in [3.63, 3.8) is 0 Å². The van der Waals surface area contributed by atoms with Gasteiger partial charge in [0.25, 0.3) is 0 Å². The minimum atomic E-state index is 0.